The second-order valence-electron chi connectivity index (χ2n) is 5.75. The van der Waals surface area contributed by atoms with Crippen LogP contribution < -0.4 is 15.0 Å². The van der Waals surface area contributed by atoms with Crippen molar-refractivity contribution in [3.05, 3.63) is 54.1 Å². The molecule has 7 nitrogen and oxygen atoms in total. The fourth-order valence-electron chi connectivity index (χ4n) is 2.85. The summed E-state index contributed by atoms with van der Waals surface area (Å²) in [4.78, 5) is 37.2. The molecule has 7 heteroatoms. The molecular weight excluding hydrogens is 336 g/mol. The molecule has 2 N–H and O–H groups in total. The second-order valence-corrected chi connectivity index (χ2v) is 5.75. The van der Waals surface area contributed by atoms with E-state index in [0.29, 0.717) is 18.0 Å². The lowest BCUT2D eigenvalue weighted by Crippen LogP contribution is -2.35. The summed E-state index contributed by atoms with van der Waals surface area (Å²) in [7, 11) is 0. The van der Waals surface area contributed by atoms with Crippen LogP contribution >= 0.6 is 0 Å². The quantitative estimate of drug-likeness (QED) is 0.774. The summed E-state index contributed by atoms with van der Waals surface area (Å²) >= 11 is 0. The fourth-order valence-corrected chi connectivity index (χ4v) is 2.85. The molecule has 0 aromatic heterocycles. The van der Waals surface area contributed by atoms with E-state index in [1.165, 1.54) is 18.2 Å². The molecule has 0 bridgehead atoms. The third-order valence-corrected chi connectivity index (χ3v) is 4.01. The molecule has 1 aliphatic heterocycles. The molecule has 2 aromatic carbocycles. The monoisotopic (exact) mass is 354 g/mol. The Labute approximate surface area is 150 Å². The van der Waals surface area contributed by atoms with Gasteiger partial charge in [0, 0.05) is 0 Å². The number of imide groups is 1. The summed E-state index contributed by atoms with van der Waals surface area (Å²) in [5.74, 6) is -1.33. The number of carbonyl (C=O) groups excluding carboxylic acids is 2. The number of hydrogen-bond acceptors (Lipinski definition) is 5. The van der Waals surface area contributed by atoms with Crippen molar-refractivity contribution in [1.29, 1.82) is 0 Å². The highest BCUT2D eigenvalue weighted by Crippen LogP contribution is 2.29. The standard InChI is InChI=1S/C19H18N2O5/c1-2-26-16-9-4-3-8-14(16)20-15-11-17(22)21(18(15)23)13-7-5-6-12(10-13)19(24)25/h3-10,15,20H,2,11H2,1H3,(H,24,25). The first kappa shape index (κ1) is 17.5. The lowest BCUT2D eigenvalue weighted by atomic mass is 10.2. The van der Waals surface area contributed by atoms with E-state index in [1.54, 1.807) is 24.3 Å². The molecule has 3 rings (SSSR count). The van der Waals surface area contributed by atoms with E-state index in [9.17, 15) is 14.4 Å². The number of benzene rings is 2. The number of nitrogens with zero attached hydrogens (tertiary/aromatic N) is 1. The maximum atomic E-state index is 12.7. The van der Waals surface area contributed by atoms with Crippen LogP contribution in [0.5, 0.6) is 5.75 Å². The summed E-state index contributed by atoms with van der Waals surface area (Å²) < 4.78 is 5.53. The smallest absolute Gasteiger partial charge is 0.335 e. The predicted octanol–water partition coefficient (Wildman–Crippen LogP) is 2.53. The summed E-state index contributed by atoms with van der Waals surface area (Å²) in [6.45, 7) is 2.34. The Balaban J connectivity index is 1.84. The second kappa shape index (κ2) is 7.26. The van der Waals surface area contributed by atoms with Gasteiger partial charge in [0.05, 0.1) is 30.0 Å². The van der Waals surface area contributed by atoms with Crippen LogP contribution in [-0.4, -0.2) is 35.5 Å². The van der Waals surface area contributed by atoms with Gasteiger partial charge in [-0.25, -0.2) is 9.69 Å². The van der Waals surface area contributed by atoms with Crippen LogP contribution in [0.25, 0.3) is 0 Å². The highest BCUT2D eigenvalue weighted by Gasteiger charge is 2.40. The van der Waals surface area contributed by atoms with E-state index in [-0.39, 0.29) is 23.6 Å². The Morgan fingerprint density at radius 3 is 2.73 bits per heavy atom. The minimum Gasteiger partial charge on any atom is -0.492 e. The van der Waals surface area contributed by atoms with Gasteiger partial charge in [0.1, 0.15) is 11.8 Å². The number of carbonyl (C=O) groups is 3. The van der Waals surface area contributed by atoms with E-state index in [2.05, 4.69) is 5.32 Å². The van der Waals surface area contributed by atoms with E-state index in [1.807, 2.05) is 13.0 Å². The number of nitrogens with one attached hydrogen (secondary N) is 1. The first-order valence-electron chi connectivity index (χ1n) is 8.19. The van der Waals surface area contributed by atoms with Crippen molar-refractivity contribution in [3.8, 4) is 5.75 Å². The number of amides is 2. The van der Waals surface area contributed by atoms with Crippen LogP contribution in [-0.2, 0) is 9.59 Å². The third-order valence-electron chi connectivity index (χ3n) is 4.01. The molecular formula is C19H18N2O5. The number of rotatable bonds is 6. The number of hydrogen-bond donors (Lipinski definition) is 2. The number of ether oxygens (including phenoxy) is 1. The summed E-state index contributed by atoms with van der Waals surface area (Å²) in [6.07, 6.45) is -0.0173. The summed E-state index contributed by atoms with van der Waals surface area (Å²) in [5.41, 5.74) is 0.894. The SMILES string of the molecule is CCOc1ccccc1NC1CC(=O)N(c2cccc(C(=O)O)c2)C1=O. The average Bonchev–Trinajstić information content (AvgIpc) is 2.90. The van der Waals surface area contributed by atoms with Gasteiger partial charge in [-0.2, -0.15) is 0 Å². The predicted molar refractivity (Wildman–Crippen MR) is 95.5 cm³/mol. The molecule has 0 radical (unpaired) electrons. The summed E-state index contributed by atoms with van der Waals surface area (Å²) in [6, 6.07) is 12.2. The minimum absolute atomic E-state index is 0.0150. The zero-order valence-electron chi connectivity index (χ0n) is 14.1. The topological polar surface area (TPSA) is 95.9 Å². The first-order chi connectivity index (χ1) is 12.5. The van der Waals surface area contributed by atoms with Gasteiger partial charge in [0.2, 0.25) is 5.91 Å². The van der Waals surface area contributed by atoms with E-state index in [0.717, 1.165) is 4.90 Å². The fraction of sp³-hybridized carbons (Fsp3) is 0.211. The molecule has 0 saturated carbocycles. The highest BCUT2D eigenvalue weighted by atomic mass is 16.5. The zero-order chi connectivity index (χ0) is 18.7. The van der Waals surface area contributed by atoms with Gasteiger partial charge in [0.25, 0.3) is 5.91 Å². The molecule has 1 unspecified atom stereocenters. The van der Waals surface area contributed by atoms with Crippen LogP contribution in [0.2, 0.25) is 0 Å². The molecule has 2 amide bonds. The normalized spacial score (nSPS) is 16.7. The summed E-state index contributed by atoms with van der Waals surface area (Å²) in [5, 5.41) is 12.2. The van der Waals surface area contributed by atoms with Gasteiger partial charge in [-0.05, 0) is 37.3 Å². The van der Waals surface area contributed by atoms with Gasteiger partial charge < -0.3 is 15.2 Å². The van der Waals surface area contributed by atoms with Crippen molar-refractivity contribution in [2.45, 2.75) is 19.4 Å². The first-order valence-corrected chi connectivity index (χ1v) is 8.19. The Hall–Kier alpha value is -3.35. The van der Waals surface area contributed by atoms with Crippen LogP contribution in [0.4, 0.5) is 11.4 Å². The molecule has 1 saturated heterocycles. The van der Waals surface area contributed by atoms with Crippen LogP contribution in [0.1, 0.15) is 23.7 Å². The van der Waals surface area contributed by atoms with Crippen LogP contribution in [0.15, 0.2) is 48.5 Å². The van der Waals surface area contributed by atoms with Crippen LogP contribution in [0, 0.1) is 0 Å². The lowest BCUT2D eigenvalue weighted by molar-refractivity contribution is -0.121. The maximum absolute atomic E-state index is 12.7. The average molecular weight is 354 g/mol. The van der Waals surface area contributed by atoms with Crippen molar-refractivity contribution in [1.82, 2.24) is 0 Å². The Morgan fingerprint density at radius 2 is 2.00 bits per heavy atom. The molecule has 1 fully saturated rings. The molecule has 1 atom stereocenters. The Kier molecular flexibility index (Phi) is 4.88. The van der Waals surface area contributed by atoms with Crippen molar-refractivity contribution < 1.29 is 24.2 Å². The Bertz CT molecular complexity index is 865. The number of carboxylic acid groups (broad SMARTS) is 1. The molecule has 1 heterocycles. The molecule has 26 heavy (non-hydrogen) atoms. The molecule has 1 aliphatic rings. The molecule has 0 spiro atoms. The minimum atomic E-state index is -1.12. The van der Waals surface area contributed by atoms with Gasteiger partial charge >= 0.3 is 5.97 Å². The molecule has 134 valence electrons. The van der Waals surface area contributed by atoms with Gasteiger partial charge in [-0.15, -0.1) is 0 Å². The van der Waals surface area contributed by atoms with Crippen LogP contribution in [0.3, 0.4) is 0 Å². The maximum Gasteiger partial charge on any atom is 0.335 e. The Morgan fingerprint density at radius 1 is 1.23 bits per heavy atom. The third kappa shape index (κ3) is 3.37. The molecule has 0 aliphatic carbocycles. The van der Waals surface area contributed by atoms with Gasteiger partial charge in [0.15, 0.2) is 0 Å². The zero-order valence-corrected chi connectivity index (χ0v) is 14.1. The van der Waals surface area contributed by atoms with E-state index < -0.39 is 17.9 Å². The largest absolute Gasteiger partial charge is 0.492 e. The number of anilines is 2. The molecule has 2 aromatic rings. The van der Waals surface area contributed by atoms with Gasteiger partial charge in [-0.3, -0.25) is 9.59 Å². The van der Waals surface area contributed by atoms with Crippen molar-refractivity contribution in [3.63, 3.8) is 0 Å². The van der Waals surface area contributed by atoms with E-state index >= 15 is 0 Å². The van der Waals surface area contributed by atoms with E-state index in [4.69, 9.17) is 9.84 Å². The number of aromatic carboxylic acids is 1. The highest BCUT2D eigenvalue weighted by molar-refractivity contribution is 6.23. The number of para-hydroxylation sites is 2. The van der Waals surface area contributed by atoms with Gasteiger partial charge in [-0.1, -0.05) is 18.2 Å². The van der Waals surface area contributed by atoms with Crippen molar-refractivity contribution >= 4 is 29.2 Å². The lowest BCUT2D eigenvalue weighted by Gasteiger charge is -2.18. The van der Waals surface area contributed by atoms with Crippen molar-refractivity contribution in [2.24, 2.45) is 0 Å². The van der Waals surface area contributed by atoms with Crippen molar-refractivity contribution in [2.75, 3.05) is 16.8 Å². The number of carboxylic acids is 1.